The zero-order valence-electron chi connectivity index (χ0n) is 19.4. The third kappa shape index (κ3) is 3.57. The molecular weight excluding hydrogens is 440 g/mol. The van der Waals surface area contributed by atoms with Gasteiger partial charge in [-0.2, -0.15) is 5.26 Å². The molecule has 2 heterocycles. The van der Waals surface area contributed by atoms with Gasteiger partial charge in [-0.25, -0.2) is 0 Å². The topological polar surface area (TPSA) is 134 Å². The number of nitrogens with two attached hydrogens (primary N) is 1. The molecule has 1 atom stereocenters. The summed E-state index contributed by atoms with van der Waals surface area (Å²) in [5.74, 6) is 2.06. The number of nitriles is 1. The summed E-state index contributed by atoms with van der Waals surface area (Å²) in [6.45, 7) is 0. The molecule has 2 aromatic carbocycles. The van der Waals surface area contributed by atoms with Gasteiger partial charge in [0, 0.05) is 5.56 Å². The molecule has 1 unspecified atom stereocenters. The summed E-state index contributed by atoms with van der Waals surface area (Å²) < 4.78 is 33.2. The third-order valence-electron chi connectivity index (χ3n) is 5.64. The molecule has 0 amide bonds. The van der Waals surface area contributed by atoms with E-state index >= 15 is 0 Å². The van der Waals surface area contributed by atoms with E-state index in [1.807, 2.05) is 6.07 Å². The van der Waals surface area contributed by atoms with Crippen molar-refractivity contribution < 1.29 is 28.4 Å². The second kappa shape index (κ2) is 9.15. The van der Waals surface area contributed by atoms with E-state index in [1.54, 1.807) is 38.5 Å². The van der Waals surface area contributed by atoms with E-state index in [1.165, 1.54) is 21.3 Å². The van der Waals surface area contributed by atoms with Crippen LogP contribution in [0, 0.1) is 11.3 Å². The first-order chi connectivity index (χ1) is 16.5. The Morgan fingerprint density at radius 2 is 1.62 bits per heavy atom. The molecule has 4 rings (SSSR count). The molecule has 3 aromatic rings. The standard InChI is InChI=1S/C24H24N4O6/c1-29-13-6-7-16(30-2)14(10-13)21-20-19(15(11-25)23(26)34-24(20)28-27-21)12-8-17(31-3)22(33-5)18(9-12)32-4/h6-10,19H,26H2,1-5H3,(H,27,28). The van der Waals surface area contributed by atoms with E-state index in [0.717, 1.165) is 0 Å². The number of hydrogen-bond acceptors (Lipinski definition) is 9. The van der Waals surface area contributed by atoms with Crippen molar-refractivity contribution in [3.05, 3.63) is 52.9 Å². The third-order valence-corrected chi connectivity index (χ3v) is 5.64. The quantitative estimate of drug-likeness (QED) is 0.540. The van der Waals surface area contributed by atoms with Crippen LogP contribution in [0.25, 0.3) is 11.3 Å². The molecule has 176 valence electrons. The van der Waals surface area contributed by atoms with Crippen LogP contribution in [0.4, 0.5) is 0 Å². The van der Waals surface area contributed by atoms with Crippen LogP contribution in [-0.4, -0.2) is 45.7 Å². The average Bonchev–Trinajstić information content (AvgIpc) is 3.29. The minimum absolute atomic E-state index is 0.0376. The number of nitrogens with one attached hydrogen (secondary N) is 1. The van der Waals surface area contributed by atoms with Crippen molar-refractivity contribution in [2.24, 2.45) is 5.73 Å². The van der Waals surface area contributed by atoms with Crippen molar-refractivity contribution in [2.45, 2.75) is 5.92 Å². The average molecular weight is 464 g/mol. The van der Waals surface area contributed by atoms with Gasteiger partial charge in [0.15, 0.2) is 11.5 Å². The van der Waals surface area contributed by atoms with Crippen LogP contribution in [0.2, 0.25) is 0 Å². The second-order valence-electron chi connectivity index (χ2n) is 7.27. The van der Waals surface area contributed by atoms with Crippen molar-refractivity contribution in [2.75, 3.05) is 35.5 Å². The first kappa shape index (κ1) is 22.7. The highest BCUT2D eigenvalue weighted by Crippen LogP contribution is 2.50. The molecular formula is C24H24N4O6. The maximum atomic E-state index is 10.0. The summed E-state index contributed by atoms with van der Waals surface area (Å²) in [5, 5.41) is 17.4. The lowest BCUT2D eigenvalue weighted by Crippen LogP contribution is -2.21. The number of ether oxygens (including phenoxy) is 6. The number of fused-ring (bicyclic) bond motifs is 1. The molecule has 0 saturated carbocycles. The lowest BCUT2D eigenvalue weighted by atomic mass is 9.82. The lowest BCUT2D eigenvalue weighted by Gasteiger charge is -2.25. The Balaban J connectivity index is 2.01. The predicted octanol–water partition coefficient (Wildman–Crippen LogP) is 3.34. The number of H-pyrrole nitrogens is 1. The number of aromatic amines is 1. The molecule has 0 radical (unpaired) electrons. The van der Waals surface area contributed by atoms with Gasteiger partial charge in [0.2, 0.25) is 17.5 Å². The molecule has 0 spiro atoms. The van der Waals surface area contributed by atoms with Crippen LogP contribution in [0.1, 0.15) is 17.0 Å². The molecule has 1 aliphatic heterocycles. The fourth-order valence-corrected chi connectivity index (χ4v) is 4.06. The Morgan fingerprint density at radius 1 is 0.941 bits per heavy atom. The van der Waals surface area contributed by atoms with E-state index in [4.69, 9.17) is 34.2 Å². The number of benzene rings is 2. The van der Waals surface area contributed by atoms with Crippen LogP contribution >= 0.6 is 0 Å². The van der Waals surface area contributed by atoms with Gasteiger partial charge in [-0.1, -0.05) is 0 Å². The van der Waals surface area contributed by atoms with E-state index in [2.05, 4.69) is 16.3 Å². The Morgan fingerprint density at radius 3 is 2.18 bits per heavy atom. The number of aromatic nitrogens is 2. The zero-order chi connectivity index (χ0) is 24.4. The second-order valence-corrected chi connectivity index (χ2v) is 7.27. The van der Waals surface area contributed by atoms with Crippen LogP contribution in [-0.2, 0) is 0 Å². The summed E-state index contributed by atoms with van der Waals surface area (Å²) in [7, 11) is 7.72. The molecule has 0 saturated heterocycles. The molecule has 1 aromatic heterocycles. The summed E-state index contributed by atoms with van der Waals surface area (Å²) >= 11 is 0. The SMILES string of the molecule is COc1ccc(OC)c(-c2[nH]nc3c2C(c2cc(OC)c(OC)c(OC)c2)C(C#N)=C(N)O3)c1. The molecule has 34 heavy (non-hydrogen) atoms. The normalized spacial score (nSPS) is 14.5. The molecule has 10 nitrogen and oxygen atoms in total. The van der Waals surface area contributed by atoms with Gasteiger partial charge in [0.1, 0.15) is 23.1 Å². The molecule has 1 aliphatic rings. The van der Waals surface area contributed by atoms with Crippen LogP contribution < -0.4 is 34.2 Å². The van der Waals surface area contributed by atoms with Crippen LogP contribution in [0.5, 0.6) is 34.6 Å². The number of hydrogen-bond donors (Lipinski definition) is 2. The van der Waals surface area contributed by atoms with E-state index < -0.39 is 5.92 Å². The smallest absolute Gasteiger partial charge is 0.244 e. The largest absolute Gasteiger partial charge is 0.497 e. The Kier molecular flexibility index (Phi) is 6.10. The Labute approximate surface area is 196 Å². The monoisotopic (exact) mass is 464 g/mol. The van der Waals surface area contributed by atoms with E-state index in [0.29, 0.717) is 51.1 Å². The first-order valence-corrected chi connectivity index (χ1v) is 10.2. The van der Waals surface area contributed by atoms with Gasteiger partial charge >= 0.3 is 0 Å². The fourth-order valence-electron chi connectivity index (χ4n) is 4.06. The van der Waals surface area contributed by atoms with Gasteiger partial charge in [-0.05, 0) is 35.9 Å². The Hall–Kier alpha value is -4.52. The van der Waals surface area contributed by atoms with Crippen molar-refractivity contribution in [1.82, 2.24) is 10.2 Å². The molecule has 0 bridgehead atoms. The number of allylic oxidation sites excluding steroid dienone is 1. The highest BCUT2D eigenvalue weighted by Gasteiger charge is 2.37. The van der Waals surface area contributed by atoms with Crippen molar-refractivity contribution in [1.29, 1.82) is 5.26 Å². The van der Waals surface area contributed by atoms with Gasteiger partial charge in [-0.3, -0.25) is 5.10 Å². The van der Waals surface area contributed by atoms with Crippen LogP contribution in [0.15, 0.2) is 41.8 Å². The zero-order valence-corrected chi connectivity index (χ0v) is 19.4. The van der Waals surface area contributed by atoms with Gasteiger partial charge in [-0.15, -0.1) is 5.10 Å². The van der Waals surface area contributed by atoms with E-state index in [-0.39, 0.29) is 17.3 Å². The molecule has 3 N–H and O–H groups in total. The molecule has 10 heteroatoms. The maximum absolute atomic E-state index is 10.0. The summed E-state index contributed by atoms with van der Waals surface area (Å²) in [6.07, 6.45) is 0. The lowest BCUT2D eigenvalue weighted by molar-refractivity contribution is 0.323. The van der Waals surface area contributed by atoms with Gasteiger partial charge in [0.05, 0.1) is 52.7 Å². The summed E-state index contributed by atoms with van der Waals surface area (Å²) in [5.41, 5.74) is 8.88. The van der Waals surface area contributed by atoms with Crippen LogP contribution in [0.3, 0.4) is 0 Å². The first-order valence-electron chi connectivity index (χ1n) is 10.2. The minimum Gasteiger partial charge on any atom is -0.497 e. The number of nitrogens with zero attached hydrogens (tertiary/aromatic N) is 2. The van der Waals surface area contributed by atoms with E-state index in [9.17, 15) is 5.26 Å². The van der Waals surface area contributed by atoms with Crippen molar-refractivity contribution in [3.8, 4) is 52.0 Å². The maximum Gasteiger partial charge on any atom is 0.244 e. The predicted molar refractivity (Wildman–Crippen MR) is 123 cm³/mol. The molecule has 0 fully saturated rings. The summed E-state index contributed by atoms with van der Waals surface area (Å²) in [4.78, 5) is 0. The Bertz CT molecular complexity index is 1280. The van der Waals surface area contributed by atoms with Crippen molar-refractivity contribution >= 4 is 0 Å². The summed E-state index contributed by atoms with van der Waals surface area (Å²) in [6, 6.07) is 11.1. The van der Waals surface area contributed by atoms with Gasteiger partial charge in [0.25, 0.3) is 0 Å². The highest BCUT2D eigenvalue weighted by atomic mass is 16.5. The minimum atomic E-state index is -0.646. The highest BCUT2D eigenvalue weighted by molar-refractivity contribution is 5.76. The fraction of sp³-hybridized carbons (Fsp3) is 0.250. The van der Waals surface area contributed by atoms with Crippen molar-refractivity contribution in [3.63, 3.8) is 0 Å². The molecule has 0 aliphatic carbocycles. The number of rotatable bonds is 7. The van der Waals surface area contributed by atoms with Gasteiger partial charge < -0.3 is 34.2 Å². The number of methoxy groups -OCH3 is 5.